The largest absolute Gasteiger partial charge is 0.348 e. The molecular formula is C22H18ClN5OS. The van der Waals surface area contributed by atoms with Gasteiger partial charge in [0.2, 0.25) is 0 Å². The van der Waals surface area contributed by atoms with E-state index in [0.717, 1.165) is 16.1 Å². The number of benzene rings is 3. The van der Waals surface area contributed by atoms with Crippen LogP contribution in [0.15, 0.2) is 83.8 Å². The molecule has 3 aromatic carbocycles. The molecule has 0 aliphatic rings. The molecule has 0 bridgehead atoms. The molecule has 4 aromatic rings. The third-order valence-corrected chi connectivity index (χ3v) is 5.86. The average molecular weight is 436 g/mol. The first kappa shape index (κ1) is 20.1. The van der Waals surface area contributed by atoms with E-state index in [-0.39, 0.29) is 5.91 Å². The van der Waals surface area contributed by atoms with Crippen molar-refractivity contribution in [3.05, 3.63) is 101 Å². The second-order valence-electron chi connectivity index (χ2n) is 6.40. The van der Waals surface area contributed by atoms with Crippen LogP contribution < -0.4 is 5.32 Å². The number of nitrogens with zero attached hydrogens (tertiary/aromatic N) is 4. The molecule has 1 aromatic heterocycles. The van der Waals surface area contributed by atoms with Gasteiger partial charge in [-0.2, -0.15) is 4.68 Å². The van der Waals surface area contributed by atoms with Gasteiger partial charge < -0.3 is 5.32 Å². The number of nitrogens with one attached hydrogen (secondary N) is 1. The molecule has 0 radical (unpaired) electrons. The van der Waals surface area contributed by atoms with Gasteiger partial charge in [-0.25, -0.2) is 0 Å². The van der Waals surface area contributed by atoms with Gasteiger partial charge in [0.25, 0.3) is 5.91 Å². The Labute approximate surface area is 183 Å². The van der Waals surface area contributed by atoms with E-state index in [0.29, 0.717) is 28.7 Å². The quantitative estimate of drug-likeness (QED) is 0.431. The molecule has 0 spiro atoms. The molecule has 6 nitrogen and oxygen atoms in total. The summed E-state index contributed by atoms with van der Waals surface area (Å²) in [6.07, 6.45) is 0. The van der Waals surface area contributed by atoms with Crippen LogP contribution in [-0.4, -0.2) is 26.1 Å². The zero-order valence-electron chi connectivity index (χ0n) is 15.9. The fraction of sp³-hybridized carbons (Fsp3) is 0.0909. The van der Waals surface area contributed by atoms with Gasteiger partial charge in [-0.15, -0.1) is 16.9 Å². The van der Waals surface area contributed by atoms with Crippen molar-refractivity contribution in [2.75, 3.05) is 0 Å². The van der Waals surface area contributed by atoms with E-state index in [1.165, 1.54) is 11.8 Å². The number of carbonyl (C=O) groups excluding carboxylic acids is 1. The topological polar surface area (TPSA) is 72.7 Å². The standard InChI is InChI=1S/C22H18ClN5OS/c23-19-12-6-4-8-16(19)14-24-22(29)18-11-5-7-13-20(18)30-15-21-25-26-27-28(21)17-9-2-1-3-10-17/h1-13H,14-15H2,(H,24,29). The number of thioether (sulfide) groups is 1. The van der Waals surface area contributed by atoms with Gasteiger partial charge in [-0.05, 0) is 46.3 Å². The Morgan fingerprint density at radius 1 is 0.967 bits per heavy atom. The van der Waals surface area contributed by atoms with Crippen LogP contribution in [0.3, 0.4) is 0 Å². The number of carbonyl (C=O) groups is 1. The van der Waals surface area contributed by atoms with Crippen molar-refractivity contribution in [2.24, 2.45) is 0 Å². The highest BCUT2D eigenvalue weighted by molar-refractivity contribution is 7.98. The van der Waals surface area contributed by atoms with Crippen LogP contribution >= 0.6 is 23.4 Å². The summed E-state index contributed by atoms with van der Waals surface area (Å²) in [4.78, 5) is 13.6. The van der Waals surface area contributed by atoms with Gasteiger partial charge in [-0.3, -0.25) is 4.79 Å². The molecule has 8 heteroatoms. The molecule has 1 amide bonds. The predicted molar refractivity (Wildman–Crippen MR) is 118 cm³/mol. The smallest absolute Gasteiger partial charge is 0.252 e. The van der Waals surface area contributed by atoms with Crippen LogP contribution in [0, 0.1) is 0 Å². The summed E-state index contributed by atoms with van der Waals surface area (Å²) in [7, 11) is 0. The first-order chi connectivity index (χ1) is 14.7. The molecule has 30 heavy (non-hydrogen) atoms. The summed E-state index contributed by atoms with van der Waals surface area (Å²) < 4.78 is 1.70. The highest BCUT2D eigenvalue weighted by atomic mass is 35.5. The van der Waals surface area contributed by atoms with Crippen LogP contribution in [0.25, 0.3) is 5.69 Å². The van der Waals surface area contributed by atoms with Gasteiger partial charge in [0, 0.05) is 16.5 Å². The third-order valence-electron chi connectivity index (χ3n) is 4.42. The van der Waals surface area contributed by atoms with Crippen molar-refractivity contribution in [3.63, 3.8) is 0 Å². The number of tetrazole rings is 1. The molecule has 0 fully saturated rings. The Hall–Kier alpha value is -3.16. The lowest BCUT2D eigenvalue weighted by Gasteiger charge is -2.11. The second-order valence-corrected chi connectivity index (χ2v) is 7.83. The van der Waals surface area contributed by atoms with Crippen LogP contribution in [-0.2, 0) is 12.3 Å². The lowest BCUT2D eigenvalue weighted by atomic mass is 10.2. The van der Waals surface area contributed by atoms with Gasteiger partial charge in [0.05, 0.1) is 17.0 Å². The van der Waals surface area contributed by atoms with E-state index in [9.17, 15) is 4.79 Å². The Morgan fingerprint density at radius 3 is 2.53 bits per heavy atom. The SMILES string of the molecule is O=C(NCc1ccccc1Cl)c1ccccc1SCc1nnnn1-c1ccccc1. The van der Waals surface area contributed by atoms with Crippen LogP contribution in [0.2, 0.25) is 5.02 Å². The number of para-hydroxylation sites is 1. The van der Waals surface area contributed by atoms with Crippen molar-refractivity contribution in [1.82, 2.24) is 25.5 Å². The summed E-state index contributed by atoms with van der Waals surface area (Å²) in [6.45, 7) is 0.365. The third kappa shape index (κ3) is 4.69. The van der Waals surface area contributed by atoms with Crippen LogP contribution in [0.1, 0.15) is 21.7 Å². The van der Waals surface area contributed by atoms with Gasteiger partial charge in [-0.1, -0.05) is 60.1 Å². The fourth-order valence-corrected chi connectivity index (χ4v) is 4.06. The second kappa shape index (κ2) is 9.56. The van der Waals surface area contributed by atoms with Crippen molar-refractivity contribution >= 4 is 29.3 Å². The summed E-state index contributed by atoms with van der Waals surface area (Å²) >= 11 is 7.70. The van der Waals surface area contributed by atoms with Crippen molar-refractivity contribution in [1.29, 1.82) is 0 Å². The summed E-state index contributed by atoms with van der Waals surface area (Å²) in [5, 5.41) is 15.6. The zero-order chi connectivity index (χ0) is 20.8. The Kier molecular flexibility index (Phi) is 6.41. The minimum Gasteiger partial charge on any atom is -0.348 e. The monoisotopic (exact) mass is 435 g/mol. The van der Waals surface area contributed by atoms with E-state index >= 15 is 0 Å². The van der Waals surface area contributed by atoms with Crippen molar-refractivity contribution in [2.45, 2.75) is 17.2 Å². The first-order valence-electron chi connectivity index (χ1n) is 9.28. The van der Waals surface area contributed by atoms with Crippen LogP contribution in [0.5, 0.6) is 0 Å². The maximum Gasteiger partial charge on any atom is 0.252 e. The molecule has 1 N–H and O–H groups in total. The molecule has 0 saturated carbocycles. The summed E-state index contributed by atoms with van der Waals surface area (Å²) in [6, 6.07) is 24.7. The lowest BCUT2D eigenvalue weighted by Crippen LogP contribution is -2.23. The number of hydrogen-bond donors (Lipinski definition) is 1. The van der Waals surface area contributed by atoms with E-state index in [4.69, 9.17) is 11.6 Å². The molecule has 0 saturated heterocycles. The van der Waals surface area contributed by atoms with Gasteiger partial charge >= 0.3 is 0 Å². The van der Waals surface area contributed by atoms with Crippen molar-refractivity contribution in [3.8, 4) is 5.69 Å². The van der Waals surface area contributed by atoms with Crippen LogP contribution in [0.4, 0.5) is 0 Å². The lowest BCUT2D eigenvalue weighted by molar-refractivity contribution is 0.0948. The minimum absolute atomic E-state index is 0.152. The Balaban J connectivity index is 1.46. The number of aromatic nitrogens is 4. The molecular weight excluding hydrogens is 418 g/mol. The molecule has 150 valence electrons. The highest BCUT2D eigenvalue weighted by Crippen LogP contribution is 2.26. The van der Waals surface area contributed by atoms with Gasteiger partial charge in [0.15, 0.2) is 5.82 Å². The highest BCUT2D eigenvalue weighted by Gasteiger charge is 2.14. The predicted octanol–water partition coefficient (Wildman–Crippen LogP) is 4.54. The normalized spacial score (nSPS) is 10.7. The maximum absolute atomic E-state index is 12.8. The van der Waals surface area contributed by atoms with E-state index in [1.807, 2.05) is 78.9 Å². The fourth-order valence-electron chi connectivity index (χ4n) is 2.90. The van der Waals surface area contributed by atoms with E-state index < -0.39 is 0 Å². The molecule has 1 heterocycles. The number of halogens is 1. The molecule has 0 aliphatic carbocycles. The minimum atomic E-state index is -0.152. The Morgan fingerprint density at radius 2 is 1.70 bits per heavy atom. The molecule has 0 aliphatic heterocycles. The number of amides is 1. The Bertz CT molecular complexity index is 1150. The maximum atomic E-state index is 12.8. The van der Waals surface area contributed by atoms with Crippen molar-refractivity contribution < 1.29 is 4.79 Å². The average Bonchev–Trinajstić information content (AvgIpc) is 3.26. The molecule has 4 rings (SSSR count). The zero-order valence-corrected chi connectivity index (χ0v) is 17.5. The first-order valence-corrected chi connectivity index (χ1v) is 10.6. The van der Waals surface area contributed by atoms with E-state index in [2.05, 4.69) is 20.8 Å². The number of rotatable bonds is 7. The van der Waals surface area contributed by atoms with Gasteiger partial charge in [0.1, 0.15) is 0 Å². The summed E-state index contributed by atoms with van der Waals surface area (Å²) in [5.74, 6) is 1.08. The molecule has 0 unspecified atom stereocenters. The van der Waals surface area contributed by atoms with E-state index in [1.54, 1.807) is 4.68 Å². The number of hydrogen-bond acceptors (Lipinski definition) is 5. The molecule has 0 atom stereocenters. The summed E-state index contributed by atoms with van der Waals surface area (Å²) in [5.41, 5.74) is 2.37.